The van der Waals surface area contributed by atoms with E-state index in [0.29, 0.717) is 23.7 Å². The van der Waals surface area contributed by atoms with Crippen molar-refractivity contribution in [3.05, 3.63) is 0 Å². The maximum atomic E-state index is 11.4. The summed E-state index contributed by atoms with van der Waals surface area (Å²) in [5.74, 6) is -1.64. The van der Waals surface area contributed by atoms with Crippen molar-refractivity contribution in [2.24, 2.45) is 0 Å². The molecular weight excluding hydrogens is 200 g/mol. The molecule has 4 nitrogen and oxygen atoms in total. The van der Waals surface area contributed by atoms with Gasteiger partial charge in [0.15, 0.2) is 0 Å². The van der Waals surface area contributed by atoms with E-state index in [0.717, 1.165) is 12.8 Å². The molecule has 0 aliphatic heterocycles. The molecule has 0 bridgehead atoms. The van der Waals surface area contributed by atoms with Crippen LogP contribution in [0.1, 0.15) is 33.6 Å². The van der Waals surface area contributed by atoms with Gasteiger partial charge in [-0.25, -0.2) is 4.79 Å². The lowest BCUT2D eigenvalue weighted by molar-refractivity contribution is -0.233. The topological polar surface area (TPSA) is 44.8 Å². The summed E-state index contributed by atoms with van der Waals surface area (Å²) in [7, 11) is 0.361. The minimum absolute atomic E-state index is 0.361. The normalized spacial score (nSPS) is 11.6. The standard InChI is InChI=1S/C9H20O4Si/c1-4-6-11-9(3,8(10)13-14)12-7-5-2/h4-7H2,1-3,14H3. The van der Waals surface area contributed by atoms with E-state index in [4.69, 9.17) is 13.9 Å². The van der Waals surface area contributed by atoms with Crippen LogP contribution in [0.5, 0.6) is 0 Å². The molecular formula is C9H20O4Si. The van der Waals surface area contributed by atoms with Gasteiger partial charge in [-0.3, -0.25) is 0 Å². The highest BCUT2D eigenvalue weighted by atomic mass is 28.2. The minimum Gasteiger partial charge on any atom is -0.525 e. The first-order valence-corrected chi connectivity index (χ1v) is 5.78. The van der Waals surface area contributed by atoms with Crippen molar-refractivity contribution in [1.82, 2.24) is 0 Å². The van der Waals surface area contributed by atoms with Crippen LogP contribution in [-0.2, 0) is 18.7 Å². The third-order valence-electron chi connectivity index (χ3n) is 1.72. The van der Waals surface area contributed by atoms with E-state index in [9.17, 15) is 4.79 Å². The van der Waals surface area contributed by atoms with Crippen LogP contribution in [0, 0.1) is 0 Å². The van der Waals surface area contributed by atoms with Crippen LogP contribution in [0.25, 0.3) is 0 Å². The quantitative estimate of drug-likeness (QED) is 0.459. The fraction of sp³-hybridized carbons (Fsp3) is 0.889. The Morgan fingerprint density at radius 3 is 1.93 bits per heavy atom. The number of rotatable bonds is 7. The third-order valence-corrected chi connectivity index (χ3v) is 2.09. The van der Waals surface area contributed by atoms with Gasteiger partial charge >= 0.3 is 5.97 Å². The molecule has 0 rings (SSSR count). The van der Waals surface area contributed by atoms with Crippen LogP contribution in [0.3, 0.4) is 0 Å². The minimum atomic E-state index is -1.21. The van der Waals surface area contributed by atoms with Gasteiger partial charge in [-0.15, -0.1) is 0 Å². The summed E-state index contributed by atoms with van der Waals surface area (Å²) in [6.07, 6.45) is 1.69. The van der Waals surface area contributed by atoms with Crippen LogP contribution in [-0.4, -0.2) is 35.5 Å². The molecule has 0 aromatic heterocycles. The van der Waals surface area contributed by atoms with Gasteiger partial charge in [0.2, 0.25) is 10.5 Å². The van der Waals surface area contributed by atoms with E-state index in [2.05, 4.69) is 0 Å². The number of hydrogen-bond donors (Lipinski definition) is 0. The predicted molar refractivity (Wildman–Crippen MR) is 56.9 cm³/mol. The van der Waals surface area contributed by atoms with E-state index in [1.165, 1.54) is 0 Å². The second-order valence-corrected chi connectivity index (χ2v) is 3.54. The molecule has 0 aliphatic carbocycles. The Hall–Kier alpha value is -0.393. The zero-order chi connectivity index (χ0) is 11.0. The molecule has 84 valence electrons. The molecule has 14 heavy (non-hydrogen) atoms. The average Bonchev–Trinajstić information content (AvgIpc) is 2.22. The van der Waals surface area contributed by atoms with Gasteiger partial charge in [-0.1, -0.05) is 13.8 Å². The molecule has 0 heterocycles. The largest absolute Gasteiger partial charge is 0.525 e. The molecule has 0 radical (unpaired) electrons. The molecule has 0 saturated carbocycles. The number of hydrogen-bond acceptors (Lipinski definition) is 4. The molecule has 0 atom stereocenters. The lowest BCUT2D eigenvalue weighted by Crippen LogP contribution is -2.43. The van der Waals surface area contributed by atoms with Crippen molar-refractivity contribution in [2.45, 2.75) is 39.4 Å². The van der Waals surface area contributed by atoms with Gasteiger partial charge < -0.3 is 13.9 Å². The lowest BCUT2D eigenvalue weighted by Gasteiger charge is -2.27. The Labute approximate surface area is 88.5 Å². The summed E-state index contributed by atoms with van der Waals surface area (Å²) in [4.78, 5) is 11.4. The van der Waals surface area contributed by atoms with Gasteiger partial charge in [0.1, 0.15) is 0 Å². The van der Waals surface area contributed by atoms with Crippen molar-refractivity contribution in [1.29, 1.82) is 0 Å². The van der Waals surface area contributed by atoms with Crippen molar-refractivity contribution in [3.63, 3.8) is 0 Å². The van der Waals surface area contributed by atoms with Crippen LogP contribution in [0.4, 0.5) is 0 Å². The van der Waals surface area contributed by atoms with Crippen LogP contribution in [0.2, 0.25) is 0 Å². The molecule has 0 amide bonds. The van der Waals surface area contributed by atoms with Crippen molar-refractivity contribution >= 4 is 16.5 Å². The highest BCUT2D eigenvalue weighted by Gasteiger charge is 2.35. The maximum Gasteiger partial charge on any atom is 0.352 e. The molecule has 0 saturated heterocycles. The highest BCUT2D eigenvalue weighted by Crippen LogP contribution is 2.15. The van der Waals surface area contributed by atoms with Crippen LogP contribution < -0.4 is 0 Å². The number of carbonyl (C=O) groups is 1. The Morgan fingerprint density at radius 1 is 1.21 bits per heavy atom. The van der Waals surface area contributed by atoms with Crippen molar-refractivity contribution < 1.29 is 18.7 Å². The summed E-state index contributed by atoms with van der Waals surface area (Å²) >= 11 is 0. The maximum absolute atomic E-state index is 11.4. The molecule has 0 fully saturated rings. The summed E-state index contributed by atoms with van der Waals surface area (Å²) in [5.41, 5.74) is 0. The zero-order valence-electron chi connectivity index (χ0n) is 9.46. The van der Waals surface area contributed by atoms with Gasteiger partial charge in [-0.05, 0) is 12.8 Å². The second kappa shape index (κ2) is 6.97. The van der Waals surface area contributed by atoms with E-state index in [-0.39, 0.29) is 0 Å². The molecule has 0 unspecified atom stereocenters. The number of carbonyl (C=O) groups excluding carboxylic acids is 1. The summed E-state index contributed by atoms with van der Waals surface area (Å²) in [5, 5.41) is 0. The molecule has 0 spiro atoms. The SMILES string of the molecule is CCCOC(C)(OCCC)C(=O)O[SiH3]. The third kappa shape index (κ3) is 4.21. The van der Waals surface area contributed by atoms with Crippen molar-refractivity contribution in [2.75, 3.05) is 13.2 Å². The first-order chi connectivity index (χ1) is 6.60. The summed E-state index contributed by atoms with van der Waals surface area (Å²) in [6.45, 7) is 6.56. The van der Waals surface area contributed by atoms with E-state index < -0.39 is 11.8 Å². The van der Waals surface area contributed by atoms with Crippen molar-refractivity contribution in [3.8, 4) is 0 Å². The van der Waals surface area contributed by atoms with E-state index >= 15 is 0 Å². The zero-order valence-corrected chi connectivity index (χ0v) is 11.5. The molecule has 0 aliphatic rings. The van der Waals surface area contributed by atoms with Gasteiger partial charge in [0, 0.05) is 6.92 Å². The van der Waals surface area contributed by atoms with Crippen LogP contribution >= 0.6 is 0 Å². The molecule has 0 aromatic rings. The smallest absolute Gasteiger partial charge is 0.352 e. The van der Waals surface area contributed by atoms with Gasteiger partial charge in [0.25, 0.3) is 5.79 Å². The highest BCUT2D eigenvalue weighted by molar-refractivity contribution is 6.06. The van der Waals surface area contributed by atoms with E-state index in [1.54, 1.807) is 6.92 Å². The Bertz CT molecular complexity index is 164. The summed E-state index contributed by atoms with van der Waals surface area (Å²) in [6, 6.07) is 0. The van der Waals surface area contributed by atoms with Gasteiger partial charge in [-0.2, -0.15) is 0 Å². The second-order valence-electron chi connectivity index (χ2n) is 3.13. The molecule has 0 N–H and O–H groups in total. The molecule has 5 heteroatoms. The Kier molecular flexibility index (Phi) is 6.78. The molecule has 0 aromatic carbocycles. The average molecular weight is 220 g/mol. The lowest BCUT2D eigenvalue weighted by atomic mass is 10.3. The fourth-order valence-corrected chi connectivity index (χ4v) is 1.31. The Morgan fingerprint density at radius 2 is 1.64 bits per heavy atom. The monoisotopic (exact) mass is 220 g/mol. The van der Waals surface area contributed by atoms with E-state index in [1.807, 2.05) is 13.8 Å². The fourth-order valence-electron chi connectivity index (χ4n) is 0.939. The van der Waals surface area contributed by atoms with Crippen LogP contribution in [0.15, 0.2) is 0 Å². The first-order valence-electron chi connectivity index (χ1n) is 4.97. The predicted octanol–water partition coefficient (Wildman–Crippen LogP) is 0.379. The summed E-state index contributed by atoms with van der Waals surface area (Å²) < 4.78 is 15.5. The number of ether oxygens (including phenoxy) is 2. The first kappa shape index (κ1) is 13.6. The van der Waals surface area contributed by atoms with Gasteiger partial charge in [0.05, 0.1) is 13.2 Å². The Balaban J connectivity index is 4.24.